The Morgan fingerprint density at radius 1 is 1.28 bits per heavy atom. The number of quaternary nitrogens is 1. The maximum atomic E-state index is 9.08. The van der Waals surface area contributed by atoms with E-state index in [1.54, 1.807) is 0 Å². The van der Waals surface area contributed by atoms with Crippen LogP contribution in [0, 0.1) is 0 Å². The molecule has 1 heterocycles. The number of aliphatic hydroxyl groups excluding tert-OH is 1. The lowest BCUT2D eigenvalue weighted by molar-refractivity contribution is -0.910. The Labute approximate surface area is 108 Å². The number of nitrogens with two attached hydrogens (primary N) is 2. The van der Waals surface area contributed by atoms with Gasteiger partial charge in [-0.3, -0.25) is 0 Å². The Morgan fingerprint density at radius 2 is 1.94 bits per heavy atom. The van der Waals surface area contributed by atoms with Gasteiger partial charge in [0.2, 0.25) is 0 Å². The van der Waals surface area contributed by atoms with Crippen molar-refractivity contribution in [1.82, 2.24) is 0 Å². The number of likely N-dealkylation sites (N-methyl/N-ethyl adjacent to an activating group) is 1. The molecule has 1 aromatic carbocycles. The van der Waals surface area contributed by atoms with E-state index in [4.69, 9.17) is 16.6 Å². The molecule has 1 saturated heterocycles. The largest absolute Gasteiger partial charge is 0.399 e. The average molecular weight is 251 g/mol. The molecule has 0 radical (unpaired) electrons. The molecule has 1 aliphatic rings. The van der Waals surface area contributed by atoms with E-state index >= 15 is 0 Å². The van der Waals surface area contributed by atoms with Crippen LogP contribution in [0.2, 0.25) is 0 Å². The van der Waals surface area contributed by atoms with Crippen LogP contribution in [0.1, 0.15) is 0 Å². The number of anilines is 3. The molecule has 5 nitrogen and oxygen atoms in total. The molecule has 0 spiro atoms. The van der Waals surface area contributed by atoms with Crippen LogP contribution < -0.4 is 16.4 Å². The van der Waals surface area contributed by atoms with Gasteiger partial charge in [0.25, 0.3) is 0 Å². The highest BCUT2D eigenvalue weighted by Gasteiger charge is 2.28. The van der Waals surface area contributed by atoms with E-state index < -0.39 is 0 Å². The summed E-state index contributed by atoms with van der Waals surface area (Å²) in [6, 6.07) is 5.63. The minimum absolute atomic E-state index is 0.247. The molecule has 1 fully saturated rings. The number of aliphatic hydroxyl groups is 1. The molecule has 18 heavy (non-hydrogen) atoms. The summed E-state index contributed by atoms with van der Waals surface area (Å²) in [7, 11) is 2.19. The van der Waals surface area contributed by atoms with Crippen LogP contribution in [-0.2, 0) is 0 Å². The first-order valence-corrected chi connectivity index (χ1v) is 6.38. The minimum atomic E-state index is 0.247. The van der Waals surface area contributed by atoms with Gasteiger partial charge in [0, 0.05) is 5.69 Å². The number of rotatable bonds is 3. The second kappa shape index (κ2) is 5.04. The van der Waals surface area contributed by atoms with Crippen LogP contribution in [0.4, 0.5) is 17.1 Å². The van der Waals surface area contributed by atoms with E-state index in [0.717, 1.165) is 54.3 Å². The standard InChI is InChI=1S/C13H23N4O/c1-17(8-9-18)6-4-16(5-7-17)13-10-11(14)2-3-12(13)15/h2-3,10,18H,4-9,14-15H2,1H3/q+1. The first-order chi connectivity index (χ1) is 8.54. The van der Waals surface area contributed by atoms with Crippen molar-refractivity contribution in [3.63, 3.8) is 0 Å². The van der Waals surface area contributed by atoms with Gasteiger partial charge in [0.05, 0.1) is 51.2 Å². The molecule has 100 valence electrons. The molecule has 1 aromatic rings. The summed E-state index contributed by atoms with van der Waals surface area (Å²) in [6.45, 7) is 5.01. The average Bonchev–Trinajstić information content (AvgIpc) is 2.34. The third kappa shape index (κ3) is 2.68. The first-order valence-electron chi connectivity index (χ1n) is 6.38. The van der Waals surface area contributed by atoms with Crippen molar-refractivity contribution in [3.8, 4) is 0 Å². The van der Waals surface area contributed by atoms with E-state index in [9.17, 15) is 0 Å². The molecule has 0 bridgehead atoms. The molecule has 5 heteroatoms. The third-order valence-electron chi connectivity index (χ3n) is 3.85. The predicted molar refractivity (Wildman–Crippen MR) is 75.4 cm³/mol. The van der Waals surface area contributed by atoms with Crippen LogP contribution in [0.15, 0.2) is 18.2 Å². The van der Waals surface area contributed by atoms with Crippen molar-refractivity contribution >= 4 is 17.1 Å². The number of hydrogen-bond acceptors (Lipinski definition) is 4. The fraction of sp³-hybridized carbons (Fsp3) is 0.538. The second-order valence-electron chi connectivity index (χ2n) is 5.32. The highest BCUT2D eigenvalue weighted by molar-refractivity contribution is 5.72. The number of benzene rings is 1. The van der Waals surface area contributed by atoms with E-state index in [2.05, 4.69) is 11.9 Å². The zero-order chi connectivity index (χ0) is 13.2. The van der Waals surface area contributed by atoms with Crippen LogP contribution in [0.25, 0.3) is 0 Å². The summed E-state index contributed by atoms with van der Waals surface area (Å²) >= 11 is 0. The topological polar surface area (TPSA) is 75.5 Å². The van der Waals surface area contributed by atoms with Crippen LogP contribution in [0.3, 0.4) is 0 Å². The lowest BCUT2D eigenvalue weighted by atomic mass is 10.2. The fourth-order valence-electron chi connectivity index (χ4n) is 2.49. The molecule has 0 saturated carbocycles. The van der Waals surface area contributed by atoms with Gasteiger partial charge >= 0.3 is 0 Å². The molecule has 0 aliphatic carbocycles. The number of piperazine rings is 1. The first kappa shape index (κ1) is 13.0. The smallest absolute Gasteiger partial charge is 0.102 e. The SMILES string of the molecule is C[N+]1(CCO)CCN(c2cc(N)ccc2N)CC1. The molecule has 0 amide bonds. The molecular formula is C13H23N4O+. The monoisotopic (exact) mass is 251 g/mol. The molecule has 5 N–H and O–H groups in total. The minimum Gasteiger partial charge on any atom is -0.399 e. The van der Waals surface area contributed by atoms with Gasteiger partial charge in [0.1, 0.15) is 6.54 Å². The summed E-state index contributed by atoms with van der Waals surface area (Å²) in [5, 5.41) is 9.08. The Hall–Kier alpha value is -1.46. The van der Waals surface area contributed by atoms with Crippen molar-refractivity contribution in [2.75, 3.05) is 62.7 Å². The van der Waals surface area contributed by atoms with Gasteiger partial charge in [-0.05, 0) is 18.2 Å². The highest BCUT2D eigenvalue weighted by atomic mass is 16.3. The zero-order valence-electron chi connectivity index (χ0n) is 11.0. The Bertz CT molecular complexity index is 413. The maximum Gasteiger partial charge on any atom is 0.102 e. The zero-order valence-corrected chi connectivity index (χ0v) is 11.0. The van der Waals surface area contributed by atoms with E-state index in [1.165, 1.54) is 0 Å². The summed E-state index contributed by atoms with van der Waals surface area (Å²) < 4.78 is 0.926. The van der Waals surface area contributed by atoms with Crippen molar-refractivity contribution in [2.24, 2.45) is 0 Å². The van der Waals surface area contributed by atoms with E-state index in [-0.39, 0.29) is 6.61 Å². The van der Waals surface area contributed by atoms with E-state index in [0.29, 0.717) is 0 Å². The molecule has 0 aromatic heterocycles. The third-order valence-corrected chi connectivity index (χ3v) is 3.85. The maximum absolute atomic E-state index is 9.08. The fourth-order valence-corrected chi connectivity index (χ4v) is 2.49. The molecule has 0 atom stereocenters. The molecule has 1 aliphatic heterocycles. The molecule has 2 rings (SSSR count). The van der Waals surface area contributed by atoms with Crippen LogP contribution in [-0.4, -0.2) is 56.0 Å². The van der Waals surface area contributed by atoms with Gasteiger partial charge in [-0.15, -0.1) is 0 Å². The second-order valence-corrected chi connectivity index (χ2v) is 5.32. The van der Waals surface area contributed by atoms with Crippen molar-refractivity contribution in [2.45, 2.75) is 0 Å². The highest BCUT2D eigenvalue weighted by Crippen LogP contribution is 2.27. The lowest BCUT2D eigenvalue weighted by Crippen LogP contribution is -2.58. The quantitative estimate of drug-likeness (QED) is 0.526. The summed E-state index contributed by atoms with van der Waals surface area (Å²) in [4.78, 5) is 2.28. The Balaban J connectivity index is 2.07. The number of nitrogens with zero attached hydrogens (tertiary/aromatic N) is 2. The van der Waals surface area contributed by atoms with Crippen molar-refractivity contribution in [3.05, 3.63) is 18.2 Å². The van der Waals surface area contributed by atoms with Gasteiger partial charge in [0.15, 0.2) is 0 Å². The molecular weight excluding hydrogens is 228 g/mol. The summed E-state index contributed by atoms with van der Waals surface area (Å²) in [5.41, 5.74) is 14.4. The van der Waals surface area contributed by atoms with Crippen molar-refractivity contribution < 1.29 is 9.59 Å². The normalized spacial score (nSPS) is 18.9. The van der Waals surface area contributed by atoms with Gasteiger partial charge in [-0.2, -0.15) is 0 Å². The number of hydrogen-bond donors (Lipinski definition) is 3. The molecule has 0 unspecified atom stereocenters. The summed E-state index contributed by atoms with van der Waals surface area (Å²) in [6.07, 6.45) is 0. The number of nitrogen functional groups attached to an aromatic ring is 2. The van der Waals surface area contributed by atoms with E-state index in [1.807, 2.05) is 18.2 Å². The van der Waals surface area contributed by atoms with Gasteiger partial charge in [-0.25, -0.2) is 0 Å². The summed E-state index contributed by atoms with van der Waals surface area (Å²) in [5.74, 6) is 0. The van der Waals surface area contributed by atoms with Gasteiger partial charge in [-0.1, -0.05) is 0 Å². The predicted octanol–water partition coefficient (Wildman–Crippen LogP) is 0.110. The van der Waals surface area contributed by atoms with Crippen molar-refractivity contribution in [1.29, 1.82) is 0 Å². The Kier molecular flexibility index (Phi) is 3.63. The van der Waals surface area contributed by atoms with Gasteiger partial charge < -0.3 is 26.0 Å². The van der Waals surface area contributed by atoms with Crippen LogP contribution in [0.5, 0.6) is 0 Å². The lowest BCUT2D eigenvalue weighted by Gasteiger charge is -2.42. The van der Waals surface area contributed by atoms with Crippen LogP contribution >= 0.6 is 0 Å². The Morgan fingerprint density at radius 3 is 2.56 bits per heavy atom.